The van der Waals surface area contributed by atoms with E-state index in [1.165, 1.54) is 31.9 Å². The van der Waals surface area contributed by atoms with Gasteiger partial charge in [0.05, 0.1) is 0 Å². The van der Waals surface area contributed by atoms with Crippen LogP contribution in [0.1, 0.15) is 0 Å². The van der Waals surface area contributed by atoms with Crippen LogP contribution in [0.15, 0.2) is 251 Å². The quantitative estimate of drug-likeness (QED) is 0.113. The highest BCUT2D eigenvalue weighted by Crippen LogP contribution is 2.38. The lowest BCUT2D eigenvalue weighted by molar-refractivity contribution is 0.669. The summed E-state index contributed by atoms with van der Waals surface area (Å²) >= 11 is 0. The van der Waals surface area contributed by atoms with Crippen molar-refractivity contribution in [3.63, 3.8) is 0 Å². The van der Waals surface area contributed by atoms with Crippen LogP contribution < -0.4 is 20.7 Å². The molecular formula is C60H40O2Si. The summed E-state index contributed by atoms with van der Waals surface area (Å²) < 4.78 is 13.0. The second-order valence-electron chi connectivity index (χ2n) is 16.4. The van der Waals surface area contributed by atoms with E-state index < -0.39 is 8.07 Å². The molecule has 2 aromatic heterocycles. The van der Waals surface area contributed by atoms with E-state index in [-0.39, 0.29) is 0 Å². The van der Waals surface area contributed by atoms with E-state index in [1.54, 1.807) is 0 Å². The first-order valence-electron chi connectivity index (χ1n) is 21.6. The summed E-state index contributed by atoms with van der Waals surface area (Å²) in [4.78, 5) is 0. The Labute approximate surface area is 367 Å². The van der Waals surface area contributed by atoms with Crippen molar-refractivity contribution in [2.75, 3.05) is 0 Å². The Balaban J connectivity index is 1.01. The van der Waals surface area contributed by atoms with E-state index in [1.807, 2.05) is 24.3 Å². The number of para-hydroxylation sites is 4. The Morgan fingerprint density at radius 2 is 0.571 bits per heavy atom. The van der Waals surface area contributed by atoms with Gasteiger partial charge in [-0.3, -0.25) is 0 Å². The molecule has 0 N–H and O–H groups in total. The topological polar surface area (TPSA) is 26.3 Å². The van der Waals surface area contributed by atoms with Gasteiger partial charge >= 0.3 is 0 Å². The van der Waals surface area contributed by atoms with Crippen LogP contribution in [-0.4, -0.2) is 8.07 Å². The molecule has 0 spiro atoms. The Morgan fingerprint density at radius 3 is 1.03 bits per heavy atom. The predicted octanol–water partition coefficient (Wildman–Crippen LogP) is 13.5. The maximum atomic E-state index is 6.49. The zero-order valence-corrected chi connectivity index (χ0v) is 35.4. The van der Waals surface area contributed by atoms with Crippen molar-refractivity contribution >= 4 is 72.7 Å². The third-order valence-corrected chi connectivity index (χ3v) is 17.6. The van der Waals surface area contributed by atoms with Gasteiger partial charge in [0.15, 0.2) is 8.07 Å². The first-order chi connectivity index (χ1) is 31.2. The molecule has 0 saturated heterocycles. The van der Waals surface area contributed by atoms with Crippen LogP contribution in [0.3, 0.4) is 0 Å². The summed E-state index contributed by atoms with van der Waals surface area (Å²) in [6.07, 6.45) is 0. The molecule has 63 heavy (non-hydrogen) atoms. The monoisotopic (exact) mass is 820 g/mol. The van der Waals surface area contributed by atoms with Crippen LogP contribution >= 0.6 is 0 Å². The molecule has 296 valence electrons. The zero-order chi connectivity index (χ0) is 41.7. The normalized spacial score (nSPS) is 11.8. The molecule has 0 fully saturated rings. The van der Waals surface area contributed by atoms with Crippen LogP contribution in [0.25, 0.3) is 88.4 Å². The summed E-state index contributed by atoms with van der Waals surface area (Å²) in [6.45, 7) is 0. The first-order valence-corrected chi connectivity index (χ1v) is 23.6. The highest BCUT2D eigenvalue weighted by Gasteiger charge is 2.41. The molecule has 2 heterocycles. The van der Waals surface area contributed by atoms with Crippen LogP contribution in [-0.2, 0) is 0 Å². The lowest BCUT2D eigenvalue weighted by Crippen LogP contribution is -2.74. The van der Waals surface area contributed by atoms with Gasteiger partial charge in [-0.25, -0.2) is 0 Å². The molecular weight excluding hydrogens is 781 g/mol. The molecule has 3 heteroatoms. The van der Waals surface area contributed by atoms with Gasteiger partial charge in [-0.15, -0.1) is 0 Å². The second kappa shape index (κ2) is 15.2. The highest BCUT2D eigenvalue weighted by atomic mass is 28.3. The molecule has 12 aromatic rings. The molecule has 10 aromatic carbocycles. The van der Waals surface area contributed by atoms with E-state index in [0.717, 1.165) is 77.3 Å². The summed E-state index contributed by atoms with van der Waals surface area (Å²) in [5.74, 6) is 0. The van der Waals surface area contributed by atoms with Gasteiger partial charge in [0.25, 0.3) is 0 Å². The third kappa shape index (κ3) is 6.16. The lowest BCUT2D eigenvalue weighted by atomic mass is 9.97. The van der Waals surface area contributed by atoms with Gasteiger partial charge in [-0.2, -0.15) is 0 Å². The molecule has 0 saturated carbocycles. The van der Waals surface area contributed by atoms with Gasteiger partial charge in [-0.05, 0) is 78.4 Å². The second-order valence-corrected chi connectivity index (χ2v) is 20.2. The van der Waals surface area contributed by atoms with Gasteiger partial charge < -0.3 is 8.83 Å². The minimum atomic E-state index is -2.92. The molecule has 0 aliphatic carbocycles. The van der Waals surface area contributed by atoms with E-state index in [2.05, 4.69) is 218 Å². The molecule has 0 unspecified atom stereocenters. The zero-order valence-electron chi connectivity index (χ0n) is 34.4. The van der Waals surface area contributed by atoms with Crippen molar-refractivity contribution in [1.29, 1.82) is 0 Å². The number of benzene rings is 10. The van der Waals surface area contributed by atoms with Gasteiger partial charge in [0.1, 0.15) is 22.3 Å². The van der Waals surface area contributed by atoms with Crippen molar-refractivity contribution in [2.45, 2.75) is 0 Å². The summed E-state index contributed by atoms with van der Waals surface area (Å²) in [5, 5.41) is 9.86. The molecule has 0 aliphatic heterocycles. The van der Waals surface area contributed by atoms with Crippen LogP contribution in [0, 0.1) is 0 Å². The Morgan fingerprint density at radius 1 is 0.238 bits per heavy atom. The average molecular weight is 821 g/mol. The van der Waals surface area contributed by atoms with Crippen LogP contribution in [0.2, 0.25) is 0 Å². The van der Waals surface area contributed by atoms with E-state index in [9.17, 15) is 0 Å². The number of hydrogen-bond acceptors (Lipinski definition) is 2. The Bertz CT molecular complexity index is 3390. The molecule has 0 bridgehead atoms. The standard InChI is InChI=1S/C60H40O2Si/c1-3-23-47(24-4-1)63(48-25-5-2-6-26-48,49-27-13-19-43(39-49)41-17-11-21-45(37-41)51-31-15-33-55-53-29-7-9-35-57(53)61-59(51)55)50-28-14-20-44(40-50)42-18-12-22-46(38-42)52-32-16-34-56-54-30-8-10-36-58(54)62-60(52)56/h1-40H. The third-order valence-electron chi connectivity index (χ3n) is 12.8. The number of fused-ring (bicyclic) bond motifs is 6. The Kier molecular flexibility index (Phi) is 8.87. The molecule has 0 aliphatic rings. The molecule has 0 atom stereocenters. The average Bonchev–Trinajstić information content (AvgIpc) is 3.94. The smallest absolute Gasteiger partial charge is 0.179 e. The Hall–Kier alpha value is -7.98. The maximum Gasteiger partial charge on any atom is 0.179 e. The van der Waals surface area contributed by atoms with Crippen molar-refractivity contribution in [2.24, 2.45) is 0 Å². The number of rotatable bonds is 8. The fourth-order valence-corrected chi connectivity index (χ4v) is 14.7. The highest BCUT2D eigenvalue weighted by molar-refractivity contribution is 7.20. The molecule has 0 amide bonds. The fourth-order valence-electron chi connectivity index (χ4n) is 9.92. The van der Waals surface area contributed by atoms with E-state index in [4.69, 9.17) is 8.83 Å². The molecule has 2 nitrogen and oxygen atoms in total. The maximum absolute atomic E-state index is 6.49. The van der Waals surface area contributed by atoms with E-state index in [0.29, 0.717) is 0 Å². The largest absolute Gasteiger partial charge is 0.455 e. The van der Waals surface area contributed by atoms with Crippen molar-refractivity contribution < 1.29 is 8.83 Å². The van der Waals surface area contributed by atoms with Crippen LogP contribution in [0.5, 0.6) is 0 Å². The van der Waals surface area contributed by atoms with Gasteiger partial charge in [0, 0.05) is 32.7 Å². The van der Waals surface area contributed by atoms with Crippen molar-refractivity contribution in [3.05, 3.63) is 243 Å². The predicted molar refractivity (Wildman–Crippen MR) is 266 cm³/mol. The lowest BCUT2D eigenvalue weighted by Gasteiger charge is -2.35. The minimum absolute atomic E-state index is 0.906. The van der Waals surface area contributed by atoms with Crippen LogP contribution in [0.4, 0.5) is 0 Å². The summed E-state index contributed by atoms with van der Waals surface area (Å²) in [6, 6.07) is 88.3. The van der Waals surface area contributed by atoms with Crippen molar-refractivity contribution in [1.82, 2.24) is 0 Å². The summed E-state index contributed by atoms with van der Waals surface area (Å²) in [7, 11) is -2.92. The molecule has 12 rings (SSSR count). The molecule has 0 radical (unpaired) electrons. The first kappa shape index (κ1) is 36.8. The number of furan rings is 2. The minimum Gasteiger partial charge on any atom is -0.455 e. The van der Waals surface area contributed by atoms with E-state index >= 15 is 0 Å². The number of hydrogen-bond donors (Lipinski definition) is 0. The van der Waals surface area contributed by atoms with Crippen molar-refractivity contribution in [3.8, 4) is 44.5 Å². The van der Waals surface area contributed by atoms with Gasteiger partial charge in [-0.1, -0.05) is 218 Å². The fraction of sp³-hybridized carbons (Fsp3) is 0. The SMILES string of the molecule is c1ccc([Si](c2ccccc2)(c2cccc(-c3cccc(-c4cccc5c4oc4ccccc45)c3)c2)c2cccc(-c3cccc(-c4cccc5c4oc4ccccc45)c3)c2)cc1. The summed E-state index contributed by atoms with van der Waals surface area (Å²) in [5.41, 5.74) is 12.8. The van der Waals surface area contributed by atoms with Gasteiger partial charge in [0.2, 0.25) is 0 Å².